The topological polar surface area (TPSA) is 62.7 Å². The number of aromatic nitrogens is 1. The summed E-state index contributed by atoms with van der Waals surface area (Å²) in [7, 11) is 0. The monoisotopic (exact) mass is 290 g/mol. The molecular weight excluding hydrogens is 276 g/mol. The summed E-state index contributed by atoms with van der Waals surface area (Å²) < 4.78 is 5.90. The van der Waals surface area contributed by atoms with Gasteiger partial charge in [0.15, 0.2) is 5.69 Å². The summed E-state index contributed by atoms with van der Waals surface area (Å²) in [5.74, 6) is -0.129. The lowest BCUT2D eigenvalue weighted by molar-refractivity contribution is 0.0692. The van der Waals surface area contributed by atoms with Crippen molar-refractivity contribution >= 4 is 22.3 Å². The van der Waals surface area contributed by atoms with Crippen molar-refractivity contribution in [3.8, 4) is 5.75 Å². The van der Waals surface area contributed by atoms with Gasteiger partial charge in [0.2, 0.25) is 0 Å². The fourth-order valence-electron chi connectivity index (χ4n) is 2.31. The van der Waals surface area contributed by atoms with Gasteiger partial charge in [-0.2, -0.15) is 0 Å². The zero-order valence-corrected chi connectivity index (χ0v) is 11.5. The summed E-state index contributed by atoms with van der Waals surface area (Å²) in [6, 6.07) is 9.68. The van der Waals surface area contributed by atoms with Crippen LogP contribution in [-0.2, 0) is 0 Å². The van der Waals surface area contributed by atoms with Crippen molar-refractivity contribution in [1.29, 1.82) is 0 Å². The van der Waals surface area contributed by atoms with E-state index in [1.54, 1.807) is 5.51 Å². The second kappa shape index (κ2) is 5.50. The standard InChI is InChI=1S/C14H14N2O3S/c17-14(18)12-13(20-9-15-12)16-7-6-11(8-16)19-10-4-2-1-3-5-10/h1-5,9,11H,6-8H2,(H,17,18)/t11-/m0/s1. The van der Waals surface area contributed by atoms with Gasteiger partial charge in [0.25, 0.3) is 0 Å². The SMILES string of the molecule is O=C(O)c1ncsc1N1CC[C@H](Oc2ccccc2)C1. The average Bonchev–Trinajstić information content (AvgIpc) is 3.07. The number of hydrogen-bond acceptors (Lipinski definition) is 5. The van der Waals surface area contributed by atoms with Gasteiger partial charge in [0.1, 0.15) is 16.9 Å². The minimum Gasteiger partial charge on any atom is -0.489 e. The van der Waals surface area contributed by atoms with Crippen LogP contribution in [-0.4, -0.2) is 35.3 Å². The highest BCUT2D eigenvalue weighted by molar-refractivity contribution is 7.14. The highest BCUT2D eigenvalue weighted by Crippen LogP contribution is 2.29. The van der Waals surface area contributed by atoms with Crippen LogP contribution < -0.4 is 9.64 Å². The summed E-state index contributed by atoms with van der Waals surface area (Å²) in [5.41, 5.74) is 1.71. The maximum Gasteiger partial charge on any atom is 0.357 e. The lowest BCUT2D eigenvalue weighted by Crippen LogP contribution is -2.25. The summed E-state index contributed by atoms with van der Waals surface area (Å²) >= 11 is 1.36. The van der Waals surface area contributed by atoms with Crippen molar-refractivity contribution < 1.29 is 14.6 Å². The Kier molecular flexibility index (Phi) is 3.56. The van der Waals surface area contributed by atoms with Gasteiger partial charge in [-0.25, -0.2) is 9.78 Å². The first-order valence-electron chi connectivity index (χ1n) is 6.37. The number of rotatable bonds is 4. The van der Waals surface area contributed by atoms with Crippen LogP contribution in [0.15, 0.2) is 35.8 Å². The molecule has 1 N–H and O–H groups in total. The van der Waals surface area contributed by atoms with Crippen molar-refractivity contribution in [3.63, 3.8) is 0 Å². The van der Waals surface area contributed by atoms with Gasteiger partial charge in [-0.05, 0) is 12.1 Å². The van der Waals surface area contributed by atoms with Crippen LogP contribution in [0.25, 0.3) is 0 Å². The van der Waals surface area contributed by atoms with Crippen molar-refractivity contribution in [2.75, 3.05) is 18.0 Å². The normalized spacial score (nSPS) is 18.2. The molecule has 0 saturated carbocycles. The number of nitrogens with zero attached hydrogens (tertiary/aromatic N) is 2. The Morgan fingerprint density at radius 2 is 2.20 bits per heavy atom. The molecule has 6 heteroatoms. The van der Waals surface area contributed by atoms with Crippen molar-refractivity contribution in [1.82, 2.24) is 4.98 Å². The van der Waals surface area contributed by atoms with Gasteiger partial charge in [-0.3, -0.25) is 0 Å². The van der Waals surface area contributed by atoms with Crippen LogP contribution in [0.3, 0.4) is 0 Å². The first kappa shape index (κ1) is 12.9. The van der Waals surface area contributed by atoms with Crippen LogP contribution in [0.4, 0.5) is 5.00 Å². The number of anilines is 1. The molecule has 1 aromatic heterocycles. The van der Waals surface area contributed by atoms with E-state index in [-0.39, 0.29) is 11.8 Å². The van der Waals surface area contributed by atoms with Crippen LogP contribution in [0.1, 0.15) is 16.9 Å². The largest absolute Gasteiger partial charge is 0.489 e. The number of aromatic carboxylic acids is 1. The Hall–Kier alpha value is -2.08. The first-order chi connectivity index (χ1) is 9.74. The summed E-state index contributed by atoms with van der Waals surface area (Å²) in [4.78, 5) is 17.0. The molecule has 1 aliphatic heterocycles. The number of para-hydroxylation sites is 1. The van der Waals surface area contributed by atoms with Gasteiger partial charge < -0.3 is 14.7 Å². The molecule has 1 atom stereocenters. The van der Waals surface area contributed by atoms with Crippen LogP contribution in [0.2, 0.25) is 0 Å². The number of carbonyl (C=O) groups is 1. The number of hydrogen-bond donors (Lipinski definition) is 1. The lowest BCUT2D eigenvalue weighted by Gasteiger charge is -2.17. The molecule has 0 aliphatic carbocycles. The van der Waals surface area contributed by atoms with Crippen molar-refractivity contribution in [2.24, 2.45) is 0 Å². The quantitative estimate of drug-likeness (QED) is 0.937. The number of carboxylic acid groups (broad SMARTS) is 1. The van der Waals surface area contributed by atoms with E-state index in [1.807, 2.05) is 35.2 Å². The van der Waals surface area contributed by atoms with Gasteiger partial charge in [-0.1, -0.05) is 18.2 Å². The summed E-state index contributed by atoms with van der Waals surface area (Å²) in [6.45, 7) is 1.48. The molecule has 2 aromatic rings. The molecule has 1 fully saturated rings. The molecule has 1 aromatic carbocycles. The van der Waals surface area contributed by atoms with E-state index in [0.29, 0.717) is 6.54 Å². The van der Waals surface area contributed by atoms with E-state index in [0.717, 1.165) is 23.7 Å². The van der Waals surface area contributed by atoms with E-state index < -0.39 is 5.97 Å². The van der Waals surface area contributed by atoms with Crippen molar-refractivity contribution in [3.05, 3.63) is 41.5 Å². The maximum atomic E-state index is 11.1. The molecule has 0 amide bonds. The first-order valence-corrected chi connectivity index (χ1v) is 7.25. The smallest absolute Gasteiger partial charge is 0.357 e. The Labute approximate surface area is 120 Å². The van der Waals surface area contributed by atoms with E-state index in [1.165, 1.54) is 11.3 Å². The van der Waals surface area contributed by atoms with E-state index in [9.17, 15) is 4.79 Å². The highest BCUT2D eigenvalue weighted by Gasteiger charge is 2.28. The fraction of sp³-hybridized carbons (Fsp3) is 0.286. The van der Waals surface area contributed by atoms with Gasteiger partial charge >= 0.3 is 5.97 Å². The minimum atomic E-state index is -0.978. The lowest BCUT2D eigenvalue weighted by atomic mass is 10.3. The van der Waals surface area contributed by atoms with Gasteiger partial charge in [-0.15, -0.1) is 11.3 Å². The van der Waals surface area contributed by atoms with E-state index in [2.05, 4.69) is 4.98 Å². The molecule has 5 nitrogen and oxygen atoms in total. The third-order valence-electron chi connectivity index (χ3n) is 3.23. The zero-order valence-electron chi connectivity index (χ0n) is 10.7. The zero-order chi connectivity index (χ0) is 13.9. The van der Waals surface area contributed by atoms with Gasteiger partial charge in [0, 0.05) is 13.0 Å². The molecule has 1 aliphatic rings. The third kappa shape index (κ3) is 2.60. The number of ether oxygens (including phenoxy) is 1. The highest BCUT2D eigenvalue weighted by atomic mass is 32.1. The number of thiazole rings is 1. The fourth-order valence-corrected chi connectivity index (χ4v) is 3.14. The molecule has 3 rings (SSSR count). The van der Waals surface area contributed by atoms with Crippen LogP contribution in [0.5, 0.6) is 5.75 Å². The number of benzene rings is 1. The molecule has 0 radical (unpaired) electrons. The Balaban J connectivity index is 1.68. The molecule has 0 unspecified atom stereocenters. The molecule has 20 heavy (non-hydrogen) atoms. The van der Waals surface area contributed by atoms with Crippen LogP contribution >= 0.6 is 11.3 Å². The Bertz CT molecular complexity index is 599. The molecular formula is C14H14N2O3S. The molecule has 1 saturated heterocycles. The summed E-state index contributed by atoms with van der Waals surface area (Å²) in [6.07, 6.45) is 0.965. The predicted molar refractivity (Wildman–Crippen MR) is 76.8 cm³/mol. The average molecular weight is 290 g/mol. The van der Waals surface area contributed by atoms with Gasteiger partial charge in [0.05, 0.1) is 12.1 Å². The second-order valence-corrected chi connectivity index (χ2v) is 5.43. The third-order valence-corrected chi connectivity index (χ3v) is 4.12. The second-order valence-electron chi connectivity index (χ2n) is 4.60. The number of carboxylic acids is 1. The maximum absolute atomic E-state index is 11.1. The molecule has 0 spiro atoms. The minimum absolute atomic E-state index is 0.0844. The van der Waals surface area contributed by atoms with E-state index >= 15 is 0 Å². The molecule has 2 heterocycles. The molecule has 104 valence electrons. The predicted octanol–water partition coefficient (Wildman–Crippen LogP) is 2.50. The Morgan fingerprint density at radius 3 is 2.95 bits per heavy atom. The molecule has 0 bridgehead atoms. The van der Waals surface area contributed by atoms with Crippen molar-refractivity contribution in [2.45, 2.75) is 12.5 Å². The van der Waals surface area contributed by atoms with Crippen LogP contribution in [0, 0.1) is 0 Å². The Morgan fingerprint density at radius 1 is 1.40 bits per heavy atom. The summed E-state index contributed by atoms with van der Waals surface area (Å²) in [5, 5.41) is 9.82. The van der Waals surface area contributed by atoms with E-state index in [4.69, 9.17) is 9.84 Å².